The Labute approximate surface area is 170 Å². The van der Waals surface area contributed by atoms with Gasteiger partial charge in [-0.3, -0.25) is 0 Å². The average molecular weight is 382 g/mol. The molecule has 144 valence electrons. The lowest BCUT2D eigenvalue weighted by Gasteiger charge is -2.36. The van der Waals surface area contributed by atoms with Gasteiger partial charge in [-0.15, -0.1) is 0 Å². The number of benzene rings is 4. The van der Waals surface area contributed by atoms with E-state index < -0.39 is 5.60 Å². The third-order valence-electron chi connectivity index (χ3n) is 6.06. The first kappa shape index (κ1) is 17.9. The van der Waals surface area contributed by atoms with Gasteiger partial charge in [0, 0.05) is 12.8 Å². The van der Waals surface area contributed by atoms with Crippen LogP contribution in [0.3, 0.4) is 0 Å². The number of carbonyl (C=O) groups excluding carboxylic acids is 1. The minimum atomic E-state index is -0.549. The summed E-state index contributed by atoms with van der Waals surface area (Å²) in [5.74, 6) is -0.239. The lowest BCUT2D eigenvalue weighted by atomic mass is 9.84. The van der Waals surface area contributed by atoms with Gasteiger partial charge in [0.1, 0.15) is 5.60 Å². The van der Waals surface area contributed by atoms with Crippen molar-refractivity contribution in [3.63, 3.8) is 0 Å². The van der Waals surface area contributed by atoms with Crippen LogP contribution >= 0.6 is 0 Å². The van der Waals surface area contributed by atoms with Crippen molar-refractivity contribution >= 4 is 27.5 Å². The van der Waals surface area contributed by atoms with Gasteiger partial charge in [0.15, 0.2) is 0 Å². The van der Waals surface area contributed by atoms with Crippen molar-refractivity contribution in [2.75, 3.05) is 13.1 Å². The summed E-state index contributed by atoms with van der Waals surface area (Å²) in [5, 5.41) is 6.60. The van der Waals surface area contributed by atoms with E-state index in [9.17, 15) is 4.79 Å². The van der Waals surface area contributed by atoms with Gasteiger partial charge in [0.25, 0.3) is 0 Å². The summed E-state index contributed by atoms with van der Waals surface area (Å²) in [7, 11) is 0. The van der Waals surface area contributed by atoms with E-state index in [2.05, 4.69) is 47.8 Å². The minimum absolute atomic E-state index is 0.239. The first-order chi connectivity index (χ1) is 14.3. The SMILES string of the molecule is O=C(OC1(c2ccccc2)CC[NH2+]CC1)c1cccc2cc3ccccc3cc12. The third-order valence-corrected chi connectivity index (χ3v) is 6.06. The van der Waals surface area contributed by atoms with Crippen LogP contribution in [-0.4, -0.2) is 19.1 Å². The topological polar surface area (TPSA) is 42.9 Å². The maximum absolute atomic E-state index is 13.4. The number of esters is 1. The molecule has 3 nitrogen and oxygen atoms in total. The first-order valence-corrected chi connectivity index (χ1v) is 10.3. The van der Waals surface area contributed by atoms with Crippen molar-refractivity contribution < 1.29 is 14.8 Å². The number of carbonyl (C=O) groups is 1. The summed E-state index contributed by atoms with van der Waals surface area (Å²) >= 11 is 0. The highest BCUT2D eigenvalue weighted by Crippen LogP contribution is 2.35. The zero-order valence-electron chi connectivity index (χ0n) is 16.3. The molecule has 0 saturated carbocycles. The van der Waals surface area contributed by atoms with Crippen molar-refractivity contribution in [2.24, 2.45) is 0 Å². The van der Waals surface area contributed by atoms with Gasteiger partial charge in [-0.05, 0) is 45.3 Å². The molecular formula is C26H24NO2+. The lowest BCUT2D eigenvalue weighted by Crippen LogP contribution is -2.87. The Morgan fingerprint density at radius 2 is 1.41 bits per heavy atom. The number of hydrogen-bond acceptors (Lipinski definition) is 2. The van der Waals surface area contributed by atoms with Crippen molar-refractivity contribution in [3.8, 4) is 0 Å². The van der Waals surface area contributed by atoms with Crippen LogP contribution in [0.25, 0.3) is 21.5 Å². The Morgan fingerprint density at radius 1 is 0.759 bits per heavy atom. The molecule has 1 aliphatic rings. The Balaban J connectivity index is 1.57. The van der Waals surface area contributed by atoms with Gasteiger partial charge in [0.05, 0.1) is 18.7 Å². The second-order valence-electron chi connectivity index (χ2n) is 7.84. The van der Waals surface area contributed by atoms with Crippen LogP contribution in [0, 0.1) is 0 Å². The largest absolute Gasteiger partial charge is 0.450 e. The van der Waals surface area contributed by atoms with Gasteiger partial charge in [-0.25, -0.2) is 4.79 Å². The number of rotatable bonds is 3. The molecule has 0 atom stereocenters. The highest BCUT2D eigenvalue weighted by molar-refractivity contribution is 6.09. The van der Waals surface area contributed by atoms with Gasteiger partial charge in [-0.1, -0.05) is 66.7 Å². The molecule has 0 radical (unpaired) electrons. The second kappa shape index (κ2) is 7.34. The molecule has 0 aliphatic carbocycles. The summed E-state index contributed by atoms with van der Waals surface area (Å²) < 4.78 is 6.31. The van der Waals surface area contributed by atoms with Crippen LogP contribution in [0.5, 0.6) is 0 Å². The molecule has 0 unspecified atom stereocenters. The molecule has 5 rings (SSSR count). The van der Waals surface area contributed by atoms with Crippen LogP contribution in [0.1, 0.15) is 28.8 Å². The van der Waals surface area contributed by atoms with E-state index in [-0.39, 0.29) is 5.97 Å². The Kier molecular flexibility index (Phi) is 4.53. The summed E-state index contributed by atoms with van der Waals surface area (Å²) in [6, 6.07) is 28.6. The summed E-state index contributed by atoms with van der Waals surface area (Å²) in [4.78, 5) is 13.4. The average Bonchev–Trinajstić information content (AvgIpc) is 2.78. The van der Waals surface area contributed by atoms with Crippen LogP contribution < -0.4 is 5.32 Å². The van der Waals surface area contributed by atoms with Crippen molar-refractivity contribution in [3.05, 3.63) is 96.1 Å². The van der Waals surface area contributed by atoms with Gasteiger partial charge in [-0.2, -0.15) is 0 Å². The minimum Gasteiger partial charge on any atom is -0.450 e. The van der Waals surface area contributed by atoms with Gasteiger partial charge in [0.2, 0.25) is 0 Å². The van der Waals surface area contributed by atoms with E-state index in [0.717, 1.165) is 47.7 Å². The fraction of sp³-hybridized carbons (Fsp3) is 0.192. The lowest BCUT2D eigenvalue weighted by molar-refractivity contribution is -0.668. The smallest absolute Gasteiger partial charge is 0.339 e. The molecule has 0 spiro atoms. The van der Waals surface area contributed by atoms with E-state index in [0.29, 0.717) is 5.56 Å². The summed E-state index contributed by atoms with van der Waals surface area (Å²) in [6.07, 6.45) is 1.66. The molecule has 1 fully saturated rings. The molecule has 2 N–H and O–H groups in total. The Morgan fingerprint density at radius 3 is 2.17 bits per heavy atom. The normalized spacial score (nSPS) is 16.0. The van der Waals surface area contributed by atoms with Crippen molar-refractivity contribution in [2.45, 2.75) is 18.4 Å². The predicted octanol–water partition coefficient (Wildman–Crippen LogP) is 4.40. The van der Waals surface area contributed by atoms with Gasteiger partial charge >= 0.3 is 5.97 Å². The maximum atomic E-state index is 13.4. The van der Waals surface area contributed by atoms with Crippen LogP contribution in [0.2, 0.25) is 0 Å². The Bertz CT molecular complexity index is 1180. The fourth-order valence-corrected chi connectivity index (χ4v) is 4.51. The number of hydrogen-bond donors (Lipinski definition) is 1. The number of quaternary nitrogens is 1. The van der Waals surface area contributed by atoms with Crippen molar-refractivity contribution in [1.82, 2.24) is 0 Å². The highest BCUT2D eigenvalue weighted by Gasteiger charge is 2.40. The van der Waals surface area contributed by atoms with Crippen molar-refractivity contribution in [1.29, 1.82) is 0 Å². The Hall–Kier alpha value is -3.17. The molecule has 3 heteroatoms. The standard InChI is InChI=1S/C26H23NO2/c28-25(29-26(13-15-27-16-14-26)22-10-2-1-3-11-22)23-12-6-9-21-17-19-7-4-5-8-20(19)18-24(21)23/h1-12,17-18,27H,13-16H2/p+1. The molecule has 4 aromatic rings. The van der Waals surface area contributed by atoms with E-state index in [1.54, 1.807) is 0 Å². The molecule has 0 amide bonds. The number of fused-ring (bicyclic) bond motifs is 2. The number of nitrogens with two attached hydrogens (primary N) is 1. The summed E-state index contributed by atoms with van der Waals surface area (Å²) in [6.45, 7) is 1.92. The molecule has 4 aromatic carbocycles. The van der Waals surface area contributed by atoms with E-state index in [4.69, 9.17) is 4.74 Å². The van der Waals surface area contributed by atoms with E-state index >= 15 is 0 Å². The number of ether oxygens (including phenoxy) is 1. The quantitative estimate of drug-likeness (QED) is 0.421. The van der Waals surface area contributed by atoms with E-state index in [1.165, 1.54) is 5.39 Å². The third kappa shape index (κ3) is 3.28. The van der Waals surface area contributed by atoms with E-state index in [1.807, 2.05) is 42.5 Å². The van der Waals surface area contributed by atoms with Crippen LogP contribution in [0.15, 0.2) is 84.9 Å². The van der Waals surface area contributed by atoms with Gasteiger partial charge < -0.3 is 10.1 Å². The zero-order valence-corrected chi connectivity index (χ0v) is 16.3. The predicted molar refractivity (Wildman–Crippen MR) is 116 cm³/mol. The molecule has 1 saturated heterocycles. The molecule has 0 bridgehead atoms. The highest BCUT2D eigenvalue weighted by atomic mass is 16.6. The fourth-order valence-electron chi connectivity index (χ4n) is 4.51. The molecule has 1 aliphatic heterocycles. The molecule has 0 aromatic heterocycles. The molecular weight excluding hydrogens is 358 g/mol. The monoisotopic (exact) mass is 382 g/mol. The number of piperidine rings is 1. The molecule has 29 heavy (non-hydrogen) atoms. The zero-order chi connectivity index (χ0) is 19.7. The first-order valence-electron chi connectivity index (χ1n) is 10.3. The summed E-state index contributed by atoms with van der Waals surface area (Å²) in [5.41, 5.74) is 1.18. The van der Waals surface area contributed by atoms with Crippen LogP contribution in [0.4, 0.5) is 0 Å². The second-order valence-corrected chi connectivity index (χ2v) is 7.84. The van der Waals surface area contributed by atoms with Crippen LogP contribution in [-0.2, 0) is 10.3 Å². The maximum Gasteiger partial charge on any atom is 0.339 e. The molecule has 1 heterocycles.